The first-order valence-corrected chi connectivity index (χ1v) is 7.86. The molecule has 2 aromatic rings. The van der Waals surface area contributed by atoms with E-state index in [4.69, 9.17) is 4.74 Å². The Kier molecular flexibility index (Phi) is 5.96. The quantitative estimate of drug-likeness (QED) is 0.775. The summed E-state index contributed by atoms with van der Waals surface area (Å²) in [6, 6.07) is 16.9. The third-order valence-electron chi connectivity index (χ3n) is 3.06. The van der Waals surface area contributed by atoms with E-state index in [1.165, 1.54) is 16.0 Å². The van der Waals surface area contributed by atoms with E-state index in [9.17, 15) is 0 Å². The number of benzene rings is 2. The second-order valence-electron chi connectivity index (χ2n) is 4.53. The smallest absolute Gasteiger partial charge is 0.122 e. The molecule has 1 N–H and O–H groups in total. The maximum Gasteiger partial charge on any atom is 0.122 e. The van der Waals surface area contributed by atoms with Gasteiger partial charge >= 0.3 is 0 Å². The van der Waals surface area contributed by atoms with E-state index >= 15 is 0 Å². The van der Waals surface area contributed by atoms with Crippen LogP contribution < -0.4 is 10.1 Å². The Morgan fingerprint density at radius 2 is 1.90 bits per heavy atom. The maximum atomic E-state index is 5.46. The molecule has 0 heterocycles. The summed E-state index contributed by atoms with van der Waals surface area (Å²) in [6.45, 7) is 4.01. The van der Waals surface area contributed by atoms with E-state index in [1.54, 1.807) is 7.11 Å². The summed E-state index contributed by atoms with van der Waals surface area (Å²) >= 11 is 1.84. The topological polar surface area (TPSA) is 21.3 Å². The van der Waals surface area contributed by atoms with Crippen LogP contribution >= 0.6 is 11.8 Å². The van der Waals surface area contributed by atoms with Crippen LogP contribution in [0.4, 0.5) is 0 Å². The zero-order valence-corrected chi connectivity index (χ0v) is 12.9. The average Bonchev–Trinajstić information content (AvgIpc) is 2.52. The minimum absolute atomic E-state index is 0.906. The third-order valence-corrected chi connectivity index (χ3v) is 4.12. The van der Waals surface area contributed by atoms with Crippen LogP contribution in [0.2, 0.25) is 0 Å². The average molecular weight is 287 g/mol. The first-order chi connectivity index (χ1) is 9.83. The maximum absolute atomic E-state index is 5.46. The first-order valence-electron chi connectivity index (χ1n) is 6.88. The van der Waals surface area contributed by atoms with Crippen molar-refractivity contribution in [2.75, 3.05) is 13.7 Å². The third kappa shape index (κ3) is 4.29. The molecule has 0 radical (unpaired) electrons. The summed E-state index contributed by atoms with van der Waals surface area (Å²) in [6.07, 6.45) is 0. The highest BCUT2D eigenvalue weighted by Gasteiger charge is 2.05. The first kappa shape index (κ1) is 14.9. The summed E-state index contributed by atoms with van der Waals surface area (Å²) in [5, 5.41) is 3.36. The van der Waals surface area contributed by atoms with Gasteiger partial charge in [0, 0.05) is 22.8 Å². The highest BCUT2D eigenvalue weighted by Crippen LogP contribution is 2.28. The van der Waals surface area contributed by atoms with Crippen molar-refractivity contribution in [2.24, 2.45) is 0 Å². The lowest BCUT2D eigenvalue weighted by molar-refractivity contribution is 0.411. The zero-order valence-electron chi connectivity index (χ0n) is 12.1. The summed E-state index contributed by atoms with van der Waals surface area (Å²) in [5.41, 5.74) is 2.55. The van der Waals surface area contributed by atoms with Crippen LogP contribution in [0.1, 0.15) is 18.1 Å². The number of thioether (sulfide) groups is 1. The number of ether oxygens (including phenoxy) is 1. The van der Waals surface area contributed by atoms with Crippen molar-refractivity contribution in [1.29, 1.82) is 0 Å². The van der Waals surface area contributed by atoms with E-state index < -0.39 is 0 Å². The lowest BCUT2D eigenvalue weighted by Gasteiger charge is -2.11. The molecule has 0 spiro atoms. The molecule has 0 aliphatic rings. The Balaban J connectivity index is 2.07. The van der Waals surface area contributed by atoms with Crippen LogP contribution in [0.3, 0.4) is 0 Å². The van der Waals surface area contributed by atoms with Gasteiger partial charge in [-0.2, -0.15) is 0 Å². The van der Waals surface area contributed by atoms with E-state index in [2.05, 4.69) is 54.7 Å². The van der Waals surface area contributed by atoms with Crippen LogP contribution in [0, 0.1) is 0 Å². The van der Waals surface area contributed by atoms with Gasteiger partial charge in [-0.15, -0.1) is 11.8 Å². The summed E-state index contributed by atoms with van der Waals surface area (Å²) in [5.74, 6) is 1.89. The molecule has 106 valence electrons. The number of rotatable bonds is 7. The normalized spacial score (nSPS) is 10.5. The van der Waals surface area contributed by atoms with Gasteiger partial charge in [0.2, 0.25) is 0 Å². The lowest BCUT2D eigenvalue weighted by Crippen LogP contribution is -2.11. The van der Waals surface area contributed by atoms with Crippen molar-refractivity contribution in [3.8, 4) is 5.75 Å². The SMILES string of the molecule is CCNCc1ccc(OC)c(CSc2ccccc2)c1. The number of hydrogen-bond donors (Lipinski definition) is 1. The summed E-state index contributed by atoms with van der Waals surface area (Å²) in [7, 11) is 1.73. The molecule has 0 aliphatic heterocycles. The molecule has 2 nitrogen and oxygen atoms in total. The van der Waals surface area contributed by atoms with Crippen molar-refractivity contribution in [3.05, 3.63) is 59.7 Å². The van der Waals surface area contributed by atoms with Crippen molar-refractivity contribution in [1.82, 2.24) is 5.32 Å². The molecule has 0 aromatic heterocycles. The molecule has 0 saturated heterocycles. The monoisotopic (exact) mass is 287 g/mol. The van der Waals surface area contributed by atoms with E-state index in [1.807, 2.05) is 17.8 Å². The lowest BCUT2D eigenvalue weighted by atomic mass is 10.1. The fraction of sp³-hybridized carbons (Fsp3) is 0.294. The van der Waals surface area contributed by atoms with Crippen LogP contribution in [0.25, 0.3) is 0 Å². The Morgan fingerprint density at radius 3 is 2.60 bits per heavy atom. The predicted octanol–water partition coefficient (Wildman–Crippen LogP) is 4.10. The summed E-state index contributed by atoms with van der Waals surface area (Å²) < 4.78 is 5.46. The minimum atomic E-state index is 0.906. The second kappa shape index (κ2) is 7.98. The van der Waals surface area contributed by atoms with Gasteiger partial charge in [0.1, 0.15) is 5.75 Å². The van der Waals surface area contributed by atoms with Crippen molar-refractivity contribution < 1.29 is 4.74 Å². The zero-order chi connectivity index (χ0) is 14.2. The van der Waals surface area contributed by atoms with Crippen molar-refractivity contribution in [3.63, 3.8) is 0 Å². The Labute approximate surface area is 125 Å². The highest BCUT2D eigenvalue weighted by molar-refractivity contribution is 7.98. The number of hydrogen-bond acceptors (Lipinski definition) is 3. The molecule has 0 unspecified atom stereocenters. The standard InChI is InChI=1S/C17H21NOS/c1-3-18-12-14-9-10-17(19-2)15(11-14)13-20-16-7-5-4-6-8-16/h4-11,18H,3,12-13H2,1-2H3. The van der Waals surface area contributed by atoms with Gasteiger partial charge in [0.25, 0.3) is 0 Å². The molecule has 0 bridgehead atoms. The molecular formula is C17H21NOS. The molecule has 2 aromatic carbocycles. The number of nitrogens with one attached hydrogen (secondary N) is 1. The Bertz CT molecular complexity index is 528. The fourth-order valence-electron chi connectivity index (χ4n) is 2.00. The molecule has 3 heteroatoms. The summed E-state index contributed by atoms with van der Waals surface area (Å²) in [4.78, 5) is 1.28. The molecule has 0 aliphatic carbocycles. The van der Waals surface area contributed by atoms with Gasteiger partial charge in [-0.3, -0.25) is 0 Å². The van der Waals surface area contributed by atoms with Gasteiger partial charge in [0.05, 0.1) is 7.11 Å². The van der Waals surface area contributed by atoms with E-state index in [-0.39, 0.29) is 0 Å². The molecule has 0 saturated carbocycles. The minimum Gasteiger partial charge on any atom is -0.496 e. The highest BCUT2D eigenvalue weighted by atomic mass is 32.2. The second-order valence-corrected chi connectivity index (χ2v) is 5.58. The van der Waals surface area contributed by atoms with Crippen LogP contribution in [-0.2, 0) is 12.3 Å². The van der Waals surface area contributed by atoms with Crippen molar-refractivity contribution in [2.45, 2.75) is 24.1 Å². The molecule has 0 fully saturated rings. The van der Waals surface area contributed by atoms with Gasteiger partial charge in [-0.1, -0.05) is 31.2 Å². The molecule has 0 atom stereocenters. The fourth-order valence-corrected chi connectivity index (χ4v) is 2.90. The molecule has 20 heavy (non-hydrogen) atoms. The van der Waals surface area contributed by atoms with Gasteiger partial charge in [-0.25, -0.2) is 0 Å². The number of methoxy groups -OCH3 is 1. The largest absolute Gasteiger partial charge is 0.496 e. The Morgan fingerprint density at radius 1 is 1.10 bits per heavy atom. The van der Waals surface area contributed by atoms with Crippen LogP contribution in [-0.4, -0.2) is 13.7 Å². The Hall–Kier alpha value is -1.45. The van der Waals surface area contributed by atoms with Gasteiger partial charge in [-0.05, 0) is 36.4 Å². The molecular weight excluding hydrogens is 266 g/mol. The van der Waals surface area contributed by atoms with E-state index in [0.29, 0.717) is 0 Å². The van der Waals surface area contributed by atoms with E-state index in [0.717, 1.165) is 24.6 Å². The van der Waals surface area contributed by atoms with Gasteiger partial charge < -0.3 is 10.1 Å². The molecule has 2 rings (SSSR count). The predicted molar refractivity (Wildman–Crippen MR) is 86.4 cm³/mol. The molecule has 0 amide bonds. The van der Waals surface area contributed by atoms with Crippen molar-refractivity contribution >= 4 is 11.8 Å². The van der Waals surface area contributed by atoms with Gasteiger partial charge in [0.15, 0.2) is 0 Å². The van der Waals surface area contributed by atoms with Crippen LogP contribution in [0.15, 0.2) is 53.4 Å². The van der Waals surface area contributed by atoms with Crippen LogP contribution in [0.5, 0.6) is 5.75 Å².